The predicted octanol–water partition coefficient (Wildman–Crippen LogP) is 0.859. The fourth-order valence-corrected chi connectivity index (χ4v) is 2.81. The number of imidazole rings is 1. The van der Waals surface area contributed by atoms with Crippen molar-refractivity contribution < 1.29 is 4.74 Å². The van der Waals surface area contributed by atoms with Gasteiger partial charge >= 0.3 is 0 Å². The molecule has 4 N–H and O–H groups in total. The van der Waals surface area contributed by atoms with Crippen LogP contribution in [0.4, 0.5) is 17.5 Å². The molecular formula is C16H20N8O. The van der Waals surface area contributed by atoms with E-state index in [0.29, 0.717) is 31.4 Å². The maximum atomic E-state index is 5.57. The van der Waals surface area contributed by atoms with Crippen LogP contribution in [-0.4, -0.2) is 45.7 Å². The molecule has 9 nitrogen and oxygen atoms in total. The minimum atomic E-state index is 0.515. The molecule has 0 amide bonds. The largest absolute Gasteiger partial charge is 0.378 e. The van der Waals surface area contributed by atoms with Gasteiger partial charge in [-0.25, -0.2) is 20.8 Å². The topological polar surface area (TPSA) is 106 Å². The number of rotatable bonds is 5. The van der Waals surface area contributed by atoms with Crippen molar-refractivity contribution in [2.24, 2.45) is 5.84 Å². The van der Waals surface area contributed by atoms with E-state index in [1.54, 1.807) is 12.4 Å². The number of pyridine rings is 1. The highest BCUT2D eigenvalue weighted by atomic mass is 16.5. The third-order valence-corrected chi connectivity index (χ3v) is 4.14. The third kappa shape index (κ3) is 3.32. The molecule has 0 unspecified atom stereocenters. The number of nitrogens with two attached hydrogens (primary N) is 1. The molecule has 130 valence electrons. The fourth-order valence-electron chi connectivity index (χ4n) is 2.81. The quantitative estimate of drug-likeness (QED) is 0.464. The molecule has 0 aromatic carbocycles. The molecule has 0 atom stereocenters. The first-order chi connectivity index (χ1) is 12.3. The molecule has 1 aliphatic rings. The summed E-state index contributed by atoms with van der Waals surface area (Å²) in [5.41, 5.74) is 4.62. The Bertz CT molecular complexity index is 858. The van der Waals surface area contributed by atoms with E-state index in [0.717, 1.165) is 30.1 Å². The Morgan fingerprint density at radius 3 is 2.88 bits per heavy atom. The molecule has 3 aromatic rings. The number of nitrogens with one attached hydrogen (secondary N) is 2. The van der Waals surface area contributed by atoms with Crippen LogP contribution in [0.2, 0.25) is 0 Å². The van der Waals surface area contributed by atoms with Gasteiger partial charge in [-0.2, -0.15) is 0 Å². The molecule has 0 spiro atoms. The summed E-state index contributed by atoms with van der Waals surface area (Å²) in [5, 5.41) is 3.31. The highest BCUT2D eigenvalue weighted by molar-refractivity contribution is 5.62. The number of morpholine rings is 1. The van der Waals surface area contributed by atoms with Gasteiger partial charge in [0.15, 0.2) is 11.6 Å². The predicted molar refractivity (Wildman–Crippen MR) is 95.4 cm³/mol. The number of ether oxygens (including phenoxy) is 1. The molecule has 1 aliphatic heterocycles. The van der Waals surface area contributed by atoms with E-state index >= 15 is 0 Å². The second-order valence-corrected chi connectivity index (χ2v) is 5.75. The SMILES string of the molecule is NNc1ncc(N2CCOCC2)nc1NCc1ccc2nccn2c1. The molecule has 0 aliphatic carbocycles. The Balaban J connectivity index is 1.53. The summed E-state index contributed by atoms with van der Waals surface area (Å²) in [5.74, 6) is 7.52. The van der Waals surface area contributed by atoms with Crippen LogP contribution in [0.5, 0.6) is 0 Å². The standard InChI is InChI=1S/C16H20N8O/c17-22-16-15(21-14(10-20-16)23-5-7-25-8-6-23)19-9-12-1-2-13-18-3-4-24(13)11-12/h1-4,10-11H,5-9,17H2,(H,19,21)(H,20,22). The lowest BCUT2D eigenvalue weighted by atomic mass is 10.3. The van der Waals surface area contributed by atoms with Crippen molar-refractivity contribution in [3.8, 4) is 0 Å². The van der Waals surface area contributed by atoms with E-state index < -0.39 is 0 Å². The Hall–Kier alpha value is -2.91. The summed E-state index contributed by atoms with van der Waals surface area (Å²) in [6.45, 7) is 3.62. The summed E-state index contributed by atoms with van der Waals surface area (Å²) >= 11 is 0. The van der Waals surface area contributed by atoms with Gasteiger partial charge in [-0.3, -0.25) is 0 Å². The molecule has 9 heteroatoms. The van der Waals surface area contributed by atoms with Gasteiger partial charge in [-0.15, -0.1) is 0 Å². The number of aromatic nitrogens is 4. The first-order valence-electron chi connectivity index (χ1n) is 8.15. The smallest absolute Gasteiger partial charge is 0.183 e. The lowest BCUT2D eigenvalue weighted by molar-refractivity contribution is 0.122. The Morgan fingerprint density at radius 1 is 1.16 bits per heavy atom. The van der Waals surface area contributed by atoms with Crippen LogP contribution in [0.15, 0.2) is 36.9 Å². The summed E-state index contributed by atoms with van der Waals surface area (Å²) in [4.78, 5) is 15.4. The number of fused-ring (bicyclic) bond motifs is 1. The first kappa shape index (κ1) is 15.6. The normalized spacial score (nSPS) is 14.7. The average molecular weight is 340 g/mol. The lowest BCUT2D eigenvalue weighted by Crippen LogP contribution is -2.37. The van der Waals surface area contributed by atoms with Crippen molar-refractivity contribution >= 4 is 23.1 Å². The number of nitrogen functional groups attached to an aromatic ring is 1. The van der Waals surface area contributed by atoms with Gasteiger partial charge in [0.25, 0.3) is 0 Å². The Kier molecular flexibility index (Phi) is 4.32. The molecule has 4 rings (SSSR count). The number of hydrazine groups is 1. The molecule has 3 aromatic heterocycles. The number of hydrogen-bond donors (Lipinski definition) is 3. The van der Waals surface area contributed by atoms with E-state index in [4.69, 9.17) is 10.6 Å². The van der Waals surface area contributed by atoms with Gasteiger partial charge in [-0.1, -0.05) is 6.07 Å². The van der Waals surface area contributed by atoms with Gasteiger partial charge in [0.1, 0.15) is 11.5 Å². The van der Waals surface area contributed by atoms with Gasteiger partial charge < -0.3 is 24.8 Å². The number of anilines is 3. The fraction of sp³-hybridized carbons (Fsp3) is 0.312. The van der Waals surface area contributed by atoms with Crippen molar-refractivity contribution in [3.05, 3.63) is 42.5 Å². The van der Waals surface area contributed by atoms with Crippen LogP contribution in [-0.2, 0) is 11.3 Å². The maximum absolute atomic E-state index is 5.57. The minimum Gasteiger partial charge on any atom is -0.378 e. The van der Waals surface area contributed by atoms with Crippen molar-refractivity contribution in [3.63, 3.8) is 0 Å². The van der Waals surface area contributed by atoms with Crippen LogP contribution in [0, 0.1) is 0 Å². The molecule has 0 radical (unpaired) electrons. The minimum absolute atomic E-state index is 0.515. The molecule has 0 bridgehead atoms. The Labute approximate surface area is 144 Å². The molecule has 1 saturated heterocycles. The van der Waals surface area contributed by atoms with Crippen molar-refractivity contribution in [1.82, 2.24) is 19.4 Å². The van der Waals surface area contributed by atoms with Gasteiger partial charge in [0.2, 0.25) is 0 Å². The van der Waals surface area contributed by atoms with E-state index in [9.17, 15) is 0 Å². The van der Waals surface area contributed by atoms with Crippen LogP contribution < -0.4 is 21.5 Å². The van der Waals surface area contributed by atoms with Crippen molar-refractivity contribution in [1.29, 1.82) is 0 Å². The molecular weight excluding hydrogens is 320 g/mol. The van der Waals surface area contributed by atoms with E-state index in [2.05, 4.69) is 30.6 Å². The lowest BCUT2D eigenvalue weighted by Gasteiger charge is -2.28. The van der Waals surface area contributed by atoms with E-state index in [-0.39, 0.29) is 0 Å². The monoisotopic (exact) mass is 340 g/mol. The van der Waals surface area contributed by atoms with Crippen LogP contribution >= 0.6 is 0 Å². The maximum Gasteiger partial charge on any atom is 0.183 e. The van der Waals surface area contributed by atoms with Crippen LogP contribution in [0.25, 0.3) is 5.65 Å². The second-order valence-electron chi connectivity index (χ2n) is 5.75. The summed E-state index contributed by atoms with van der Waals surface area (Å²) < 4.78 is 7.37. The van der Waals surface area contributed by atoms with Crippen LogP contribution in [0.1, 0.15) is 5.56 Å². The Morgan fingerprint density at radius 2 is 2.04 bits per heavy atom. The second kappa shape index (κ2) is 6.91. The average Bonchev–Trinajstić information content (AvgIpc) is 3.14. The summed E-state index contributed by atoms with van der Waals surface area (Å²) in [6.07, 6.45) is 7.46. The van der Waals surface area contributed by atoms with Crippen LogP contribution in [0.3, 0.4) is 0 Å². The van der Waals surface area contributed by atoms with Crippen molar-refractivity contribution in [2.75, 3.05) is 41.9 Å². The molecule has 4 heterocycles. The number of hydrogen-bond acceptors (Lipinski definition) is 8. The highest BCUT2D eigenvalue weighted by Gasteiger charge is 2.15. The zero-order valence-corrected chi connectivity index (χ0v) is 13.7. The van der Waals surface area contributed by atoms with Gasteiger partial charge in [-0.05, 0) is 11.6 Å². The first-order valence-corrected chi connectivity index (χ1v) is 8.15. The highest BCUT2D eigenvalue weighted by Crippen LogP contribution is 2.21. The van der Waals surface area contributed by atoms with E-state index in [1.165, 1.54) is 0 Å². The summed E-state index contributed by atoms with van der Waals surface area (Å²) in [7, 11) is 0. The molecule has 0 saturated carbocycles. The van der Waals surface area contributed by atoms with Crippen molar-refractivity contribution in [2.45, 2.75) is 6.54 Å². The van der Waals surface area contributed by atoms with Gasteiger partial charge in [0.05, 0.1) is 19.4 Å². The third-order valence-electron chi connectivity index (χ3n) is 4.14. The molecule has 1 fully saturated rings. The zero-order chi connectivity index (χ0) is 17.1. The summed E-state index contributed by atoms with van der Waals surface area (Å²) in [6, 6.07) is 4.01. The number of nitrogens with zero attached hydrogens (tertiary/aromatic N) is 5. The van der Waals surface area contributed by atoms with Gasteiger partial charge in [0, 0.05) is 38.2 Å². The molecule has 25 heavy (non-hydrogen) atoms. The van der Waals surface area contributed by atoms with E-state index in [1.807, 2.05) is 28.9 Å². The zero-order valence-electron chi connectivity index (χ0n) is 13.7.